The summed E-state index contributed by atoms with van der Waals surface area (Å²) in [6.45, 7) is 11.6. The molecular formula is C38H61N5O7S. The van der Waals surface area contributed by atoms with Crippen LogP contribution < -0.4 is 21.3 Å². The van der Waals surface area contributed by atoms with E-state index in [0.29, 0.717) is 32.4 Å². The van der Waals surface area contributed by atoms with E-state index >= 15 is 0 Å². The quantitative estimate of drug-likeness (QED) is 0.156. The van der Waals surface area contributed by atoms with Crippen molar-refractivity contribution in [3.05, 3.63) is 0 Å². The Morgan fingerprint density at radius 3 is 2.18 bits per heavy atom. The summed E-state index contributed by atoms with van der Waals surface area (Å²) < 4.78 is 25.8. The van der Waals surface area contributed by atoms with E-state index in [1.807, 2.05) is 6.92 Å². The maximum atomic E-state index is 14.7. The van der Waals surface area contributed by atoms with Gasteiger partial charge in [0.2, 0.25) is 17.6 Å². The lowest BCUT2D eigenvalue weighted by molar-refractivity contribution is -0.144. The number of likely N-dealkylation sites (tertiary alicyclic amines) is 1. The number of nitrogens with zero attached hydrogens (tertiary/aromatic N) is 1. The third-order valence-electron chi connectivity index (χ3n) is 12.0. The Hall–Kier alpha value is -3.14. The number of carbonyl (C=O) groups is 5. The number of urea groups is 1. The fourth-order valence-electron chi connectivity index (χ4n) is 8.61. The molecule has 0 spiro atoms. The van der Waals surface area contributed by atoms with E-state index in [2.05, 4.69) is 41.0 Å². The van der Waals surface area contributed by atoms with Crippen LogP contribution in [0.5, 0.6) is 0 Å². The van der Waals surface area contributed by atoms with Crippen LogP contribution in [0.1, 0.15) is 125 Å². The molecular weight excluding hydrogens is 671 g/mol. The molecule has 4 fully saturated rings. The molecule has 0 aromatic carbocycles. The smallest absolute Gasteiger partial charge is 0.315 e. The third-order valence-corrected chi connectivity index (χ3v) is 14.8. The molecule has 13 heteroatoms. The third kappa shape index (κ3) is 9.27. The van der Waals surface area contributed by atoms with Gasteiger partial charge in [-0.2, -0.15) is 0 Å². The molecule has 4 aliphatic rings. The number of piperidine rings is 1. The fourth-order valence-corrected chi connectivity index (χ4v) is 10.1. The van der Waals surface area contributed by atoms with Gasteiger partial charge in [-0.3, -0.25) is 19.2 Å². The van der Waals surface area contributed by atoms with E-state index in [9.17, 15) is 32.4 Å². The summed E-state index contributed by atoms with van der Waals surface area (Å²) in [4.78, 5) is 70.0. The zero-order chi connectivity index (χ0) is 37.8. The average molecular weight is 732 g/mol. The van der Waals surface area contributed by atoms with E-state index in [-0.39, 0.29) is 47.7 Å². The van der Waals surface area contributed by atoms with Crippen molar-refractivity contribution < 1.29 is 32.4 Å². The van der Waals surface area contributed by atoms with Gasteiger partial charge in [-0.05, 0) is 82.5 Å². The molecule has 0 bridgehead atoms. The van der Waals surface area contributed by atoms with Crippen LogP contribution in [-0.4, -0.2) is 90.1 Å². The van der Waals surface area contributed by atoms with Gasteiger partial charge in [0.15, 0.2) is 9.84 Å². The van der Waals surface area contributed by atoms with Crippen LogP contribution in [0, 0.1) is 35.5 Å². The number of terminal acetylenes is 1. The van der Waals surface area contributed by atoms with E-state index in [1.165, 1.54) is 0 Å². The van der Waals surface area contributed by atoms with Crippen molar-refractivity contribution in [1.82, 2.24) is 26.2 Å². The summed E-state index contributed by atoms with van der Waals surface area (Å²) in [5.74, 6) is -0.399. The summed E-state index contributed by atoms with van der Waals surface area (Å²) in [7, 11) is -3.56. The molecule has 5 amide bonds. The highest BCUT2D eigenvalue weighted by atomic mass is 32.2. The zero-order valence-electron chi connectivity index (χ0n) is 31.6. The molecule has 0 aromatic rings. The minimum atomic E-state index is -3.56. The van der Waals surface area contributed by atoms with Crippen molar-refractivity contribution in [3.8, 4) is 12.3 Å². The maximum absolute atomic E-state index is 14.7. The van der Waals surface area contributed by atoms with Crippen molar-refractivity contribution >= 4 is 39.4 Å². The minimum Gasteiger partial charge on any atom is -0.349 e. The van der Waals surface area contributed by atoms with Crippen molar-refractivity contribution in [2.24, 2.45) is 23.2 Å². The van der Waals surface area contributed by atoms with Crippen LogP contribution in [0.3, 0.4) is 0 Å². The van der Waals surface area contributed by atoms with Gasteiger partial charge in [0.05, 0.1) is 22.1 Å². The first-order valence-corrected chi connectivity index (χ1v) is 20.7. The molecule has 0 radical (unpaired) electrons. The summed E-state index contributed by atoms with van der Waals surface area (Å²) in [5, 5.41) is 11.4. The molecule has 4 rings (SSSR count). The number of ketones is 1. The van der Waals surface area contributed by atoms with Crippen molar-refractivity contribution in [2.45, 2.75) is 153 Å². The zero-order valence-corrected chi connectivity index (χ0v) is 32.4. The predicted molar refractivity (Wildman–Crippen MR) is 196 cm³/mol. The average Bonchev–Trinajstić information content (AvgIpc) is 3.38. The van der Waals surface area contributed by atoms with Gasteiger partial charge >= 0.3 is 6.03 Å². The topological polar surface area (TPSA) is 171 Å². The molecule has 3 aliphatic carbocycles. The molecule has 12 nitrogen and oxygen atoms in total. The fraction of sp³-hybridized carbons (Fsp3) is 0.816. The number of hydrogen-bond acceptors (Lipinski definition) is 7. The van der Waals surface area contributed by atoms with Gasteiger partial charge in [-0.1, -0.05) is 59.3 Å². The number of rotatable bonds is 14. The normalized spacial score (nSPS) is 25.4. The number of nitrogens with one attached hydrogen (secondary N) is 4. The number of amides is 5. The lowest BCUT2D eigenvalue weighted by atomic mass is 9.82. The number of carbonyl (C=O) groups excluding carboxylic acids is 5. The highest BCUT2D eigenvalue weighted by Crippen LogP contribution is 2.65. The van der Waals surface area contributed by atoms with Crippen LogP contribution in [0.15, 0.2) is 0 Å². The molecule has 51 heavy (non-hydrogen) atoms. The number of hydrogen-bond donors (Lipinski definition) is 4. The van der Waals surface area contributed by atoms with Gasteiger partial charge in [0, 0.05) is 19.5 Å². The van der Waals surface area contributed by atoms with Crippen LogP contribution in [0.4, 0.5) is 4.79 Å². The Labute approximate surface area is 305 Å². The first-order chi connectivity index (χ1) is 23.9. The molecule has 0 aromatic heterocycles. The summed E-state index contributed by atoms with van der Waals surface area (Å²) in [5.41, 5.74) is -1.16. The second-order valence-electron chi connectivity index (χ2n) is 17.0. The van der Waals surface area contributed by atoms with Gasteiger partial charge in [-0.15, -0.1) is 12.3 Å². The molecule has 5 atom stereocenters. The maximum Gasteiger partial charge on any atom is 0.315 e. The van der Waals surface area contributed by atoms with E-state index < -0.39 is 61.9 Å². The number of fused-ring (bicyclic) bond motifs is 1. The number of sulfone groups is 1. The first-order valence-electron chi connectivity index (χ1n) is 19.1. The van der Waals surface area contributed by atoms with Crippen molar-refractivity contribution in [3.63, 3.8) is 0 Å². The molecule has 4 N–H and O–H groups in total. The van der Waals surface area contributed by atoms with Gasteiger partial charge in [-0.25, -0.2) is 13.2 Å². The van der Waals surface area contributed by atoms with Crippen LogP contribution in [0.25, 0.3) is 0 Å². The van der Waals surface area contributed by atoms with E-state index in [4.69, 9.17) is 6.42 Å². The molecule has 286 valence electrons. The largest absolute Gasteiger partial charge is 0.349 e. The molecule has 1 heterocycles. The Kier molecular flexibility index (Phi) is 13.0. The van der Waals surface area contributed by atoms with Gasteiger partial charge < -0.3 is 26.2 Å². The first kappa shape index (κ1) is 40.6. The SMILES string of the molecule is C#CCCC(NC(=O)[C@@H]1C2C(CN1C(=O)[C@@H](NC(=O)NC1(CS(=O)(=O)C(C)(C)C)CCCCC1)C1CCCCC1)C2(C)C)C(=O)C(=O)NCCC. The van der Waals surface area contributed by atoms with Crippen molar-refractivity contribution in [1.29, 1.82) is 0 Å². The number of Topliss-reactive ketones (excluding diaryl/α,β-unsaturated/α-hetero) is 1. The minimum absolute atomic E-state index is 0.0545. The van der Waals surface area contributed by atoms with Crippen LogP contribution >= 0.6 is 0 Å². The Bertz CT molecular complexity index is 1470. The Balaban J connectivity index is 1.58. The Morgan fingerprint density at radius 1 is 0.961 bits per heavy atom. The lowest BCUT2D eigenvalue weighted by Crippen LogP contribution is -2.63. The van der Waals surface area contributed by atoms with E-state index in [0.717, 1.165) is 51.4 Å². The molecule has 1 aliphatic heterocycles. The van der Waals surface area contributed by atoms with Crippen molar-refractivity contribution in [2.75, 3.05) is 18.8 Å². The summed E-state index contributed by atoms with van der Waals surface area (Å²) in [6, 6.07) is -3.53. The predicted octanol–water partition coefficient (Wildman–Crippen LogP) is 3.63. The summed E-state index contributed by atoms with van der Waals surface area (Å²) in [6.07, 6.45) is 14.3. The highest BCUT2D eigenvalue weighted by molar-refractivity contribution is 7.92. The standard InChI is InChI=1S/C38H61N5O7S/c1-8-10-19-27(31(44)33(46)39-22-9-2)40-32(45)30-28-26(37(28,6)7)23-43(30)34(47)29(25-17-13-11-14-18-25)41-35(48)42-38(20-15-12-16-21-38)24-51(49,50)36(3,4)5/h1,25-30H,9-24H2,2-7H3,(H,39,46)(H,40,45)(H2,41,42,48)/t26?,27?,28?,29-,30-/m0/s1. The van der Waals surface area contributed by atoms with E-state index in [1.54, 1.807) is 25.7 Å². The van der Waals surface area contributed by atoms with Gasteiger partial charge in [0.25, 0.3) is 5.91 Å². The molecule has 3 unspecified atom stereocenters. The highest BCUT2D eigenvalue weighted by Gasteiger charge is 2.69. The molecule has 1 saturated heterocycles. The van der Waals surface area contributed by atoms with Crippen LogP contribution in [-0.2, 0) is 29.0 Å². The second kappa shape index (κ2) is 16.3. The lowest BCUT2D eigenvalue weighted by Gasteiger charge is -2.41. The van der Waals surface area contributed by atoms with Crippen LogP contribution in [0.2, 0.25) is 0 Å². The monoisotopic (exact) mass is 731 g/mol. The van der Waals surface area contributed by atoms with Gasteiger partial charge in [0.1, 0.15) is 12.1 Å². The Morgan fingerprint density at radius 2 is 1.59 bits per heavy atom. The second-order valence-corrected chi connectivity index (χ2v) is 19.7. The molecule has 3 saturated carbocycles. The summed E-state index contributed by atoms with van der Waals surface area (Å²) >= 11 is 0.